The van der Waals surface area contributed by atoms with E-state index in [1.54, 1.807) is 4.90 Å². The maximum absolute atomic E-state index is 11.7. The number of hydrogen-bond donors (Lipinski definition) is 0. The number of aryl methyl sites for hydroxylation is 2. The number of hydrogen-bond acceptors (Lipinski definition) is 1. The van der Waals surface area contributed by atoms with Crippen LogP contribution in [-0.2, 0) is 17.6 Å². The molecule has 2 nitrogen and oxygen atoms in total. The van der Waals surface area contributed by atoms with E-state index in [4.69, 9.17) is 0 Å². The van der Waals surface area contributed by atoms with E-state index >= 15 is 0 Å². The molecule has 2 rings (SSSR count). The van der Waals surface area contributed by atoms with E-state index in [1.165, 1.54) is 62.5 Å². The molecule has 0 bridgehead atoms. The van der Waals surface area contributed by atoms with Crippen molar-refractivity contribution < 1.29 is 4.79 Å². The zero-order valence-corrected chi connectivity index (χ0v) is 17.1. The fourth-order valence-electron chi connectivity index (χ4n) is 3.43. The molecule has 27 heavy (non-hydrogen) atoms. The standard InChI is InChI=1S/C25H35NO/c1-3-5-7-9-11-22-13-17-24(18-14-22)26(21-27)25-19-15-23(16-20-25)12-10-8-6-4-2/h13-21H,3-12H2,1-2H3. The highest BCUT2D eigenvalue weighted by Crippen LogP contribution is 2.25. The first-order chi connectivity index (χ1) is 13.3. The Morgan fingerprint density at radius 1 is 0.630 bits per heavy atom. The number of amides is 1. The van der Waals surface area contributed by atoms with Crippen molar-refractivity contribution in [2.24, 2.45) is 0 Å². The highest BCUT2D eigenvalue weighted by Gasteiger charge is 2.08. The number of carbonyl (C=O) groups excluding carboxylic acids is 1. The van der Waals surface area contributed by atoms with Gasteiger partial charge in [0.15, 0.2) is 0 Å². The molecule has 146 valence electrons. The molecule has 2 aromatic carbocycles. The minimum atomic E-state index is 0.909. The minimum Gasteiger partial charge on any atom is -0.284 e. The molecule has 0 aliphatic rings. The van der Waals surface area contributed by atoms with Gasteiger partial charge in [0.05, 0.1) is 0 Å². The van der Waals surface area contributed by atoms with E-state index < -0.39 is 0 Å². The SMILES string of the molecule is CCCCCCc1ccc(N(C=O)c2ccc(CCCCCC)cc2)cc1. The summed E-state index contributed by atoms with van der Waals surface area (Å²) < 4.78 is 0. The number of nitrogens with zero attached hydrogens (tertiary/aromatic N) is 1. The summed E-state index contributed by atoms with van der Waals surface area (Å²) in [4.78, 5) is 13.4. The molecule has 0 heterocycles. The highest BCUT2D eigenvalue weighted by molar-refractivity contribution is 5.86. The maximum atomic E-state index is 11.7. The summed E-state index contributed by atoms with van der Waals surface area (Å²) in [7, 11) is 0. The van der Waals surface area contributed by atoms with Crippen molar-refractivity contribution in [3.63, 3.8) is 0 Å². The van der Waals surface area contributed by atoms with Crippen molar-refractivity contribution in [1.82, 2.24) is 0 Å². The Hall–Kier alpha value is -2.09. The Balaban J connectivity index is 1.94. The maximum Gasteiger partial charge on any atom is 0.218 e. The van der Waals surface area contributed by atoms with Crippen LogP contribution in [-0.4, -0.2) is 6.41 Å². The van der Waals surface area contributed by atoms with Gasteiger partial charge < -0.3 is 0 Å². The molecule has 0 radical (unpaired) electrons. The smallest absolute Gasteiger partial charge is 0.218 e. The highest BCUT2D eigenvalue weighted by atomic mass is 16.1. The van der Waals surface area contributed by atoms with E-state index in [9.17, 15) is 4.79 Å². The summed E-state index contributed by atoms with van der Waals surface area (Å²) in [6, 6.07) is 16.8. The summed E-state index contributed by atoms with van der Waals surface area (Å²) in [5.41, 5.74) is 4.56. The second kappa shape index (κ2) is 12.3. The Labute approximate surface area is 165 Å². The molecular weight excluding hydrogens is 330 g/mol. The van der Waals surface area contributed by atoms with E-state index in [0.717, 1.165) is 30.6 Å². The normalized spacial score (nSPS) is 10.7. The lowest BCUT2D eigenvalue weighted by Crippen LogP contribution is -2.14. The predicted molar refractivity (Wildman–Crippen MR) is 117 cm³/mol. The lowest BCUT2D eigenvalue weighted by atomic mass is 10.0. The van der Waals surface area contributed by atoms with Gasteiger partial charge in [0.2, 0.25) is 6.41 Å². The van der Waals surface area contributed by atoms with Crippen molar-refractivity contribution in [2.75, 3.05) is 4.90 Å². The van der Waals surface area contributed by atoms with Crippen LogP contribution in [0, 0.1) is 0 Å². The molecule has 0 spiro atoms. The Morgan fingerprint density at radius 3 is 1.37 bits per heavy atom. The number of unbranched alkanes of at least 4 members (excludes halogenated alkanes) is 6. The largest absolute Gasteiger partial charge is 0.284 e. The van der Waals surface area contributed by atoms with Gasteiger partial charge in [-0.3, -0.25) is 9.69 Å². The first-order valence-corrected chi connectivity index (χ1v) is 10.7. The van der Waals surface area contributed by atoms with Gasteiger partial charge in [-0.15, -0.1) is 0 Å². The molecule has 0 N–H and O–H groups in total. The van der Waals surface area contributed by atoms with Gasteiger partial charge in [-0.2, -0.15) is 0 Å². The quantitative estimate of drug-likeness (QED) is 0.271. The number of carbonyl (C=O) groups is 1. The molecule has 0 atom stereocenters. The van der Waals surface area contributed by atoms with Gasteiger partial charge in [0.25, 0.3) is 0 Å². The predicted octanol–water partition coefficient (Wildman–Crippen LogP) is 7.23. The minimum absolute atomic E-state index is 0.909. The van der Waals surface area contributed by atoms with E-state index in [0.29, 0.717) is 0 Å². The average Bonchev–Trinajstić information content (AvgIpc) is 2.71. The third-order valence-electron chi connectivity index (χ3n) is 5.17. The molecule has 0 fully saturated rings. The molecule has 2 aromatic rings. The summed E-state index contributed by atoms with van der Waals surface area (Å²) in [6.07, 6.45) is 13.4. The van der Waals surface area contributed by atoms with Crippen molar-refractivity contribution in [3.05, 3.63) is 59.7 Å². The number of benzene rings is 2. The molecule has 0 saturated heterocycles. The lowest BCUT2D eigenvalue weighted by molar-refractivity contribution is -0.106. The van der Waals surface area contributed by atoms with Crippen LogP contribution in [0.25, 0.3) is 0 Å². The van der Waals surface area contributed by atoms with Crippen LogP contribution in [0.1, 0.15) is 76.3 Å². The molecule has 0 unspecified atom stereocenters. The van der Waals surface area contributed by atoms with Crippen LogP contribution < -0.4 is 4.90 Å². The number of anilines is 2. The fraction of sp³-hybridized carbons (Fsp3) is 0.480. The van der Waals surface area contributed by atoms with Gasteiger partial charge >= 0.3 is 0 Å². The van der Waals surface area contributed by atoms with E-state index in [2.05, 4.69) is 62.4 Å². The van der Waals surface area contributed by atoms with Gasteiger partial charge in [-0.05, 0) is 61.1 Å². The zero-order chi connectivity index (χ0) is 19.3. The van der Waals surface area contributed by atoms with Crippen molar-refractivity contribution in [2.45, 2.75) is 78.1 Å². The molecule has 1 amide bonds. The lowest BCUT2D eigenvalue weighted by Gasteiger charge is -2.18. The zero-order valence-electron chi connectivity index (χ0n) is 17.1. The third-order valence-corrected chi connectivity index (χ3v) is 5.17. The van der Waals surface area contributed by atoms with E-state index in [1.807, 2.05) is 0 Å². The Morgan fingerprint density at radius 2 is 1.04 bits per heavy atom. The first kappa shape index (κ1) is 21.2. The third kappa shape index (κ3) is 7.21. The summed E-state index contributed by atoms with van der Waals surface area (Å²) in [6.45, 7) is 4.48. The van der Waals surface area contributed by atoms with Gasteiger partial charge in [0.1, 0.15) is 0 Å². The molecule has 0 aliphatic carbocycles. The van der Waals surface area contributed by atoms with Crippen LogP contribution in [0.5, 0.6) is 0 Å². The average molecular weight is 366 g/mol. The van der Waals surface area contributed by atoms with Gasteiger partial charge in [-0.1, -0.05) is 76.6 Å². The summed E-state index contributed by atoms with van der Waals surface area (Å²) in [5.74, 6) is 0. The summed E-state index contributed by atoms with van der Waals surface area (Å²) in [5, 5.41) is 0. The molecule has 2 heteroatoms. The van der Waals surface area contributed by atoms with Crippen LogP contribution in [0.3, 0.4) is 0 Å². The first-order valence-electron chi connectivity index (χ1n) is 10.7. The second-order valence-electron chi connectivity index (χ2n) is 7.43. The van der Waals surface area contributed by atoms with Crippen LogP contribution in [0.15, 0.2) is 48.5 Å². The number of rotatable bonds is 13. The Bertz CT molecular complexity index is 590. The fourth-order valence-corrected chi connectivity index (χ4v) is 3.43. The summed E-state index contributed by atoms with van der Waals surface area (Å²) >= 11 is 0. The topological polar surface area (TPSA) is 20.3 Å². The molecular formula is C25H35NO. The van der Waals surface area contributed by atoms with Crippen LogP contribution in [0.2, 0.25) is 0 Å². The van der Waals surface area contributed by atoms with E-state index in [-0.39, 0.29) is 0 Å². The molecule has 0 aromatic heterocycles. The molecule has 0 aliphatic heterocycles. The van der Waals surface area contributed by atoms with Crippen molar-refractivity contribution in [3.8, 4) is 0 Å². The monoisotopic (exact) mass is 365 g/mol. The van der Waals surface area contributed by atoms with Crippen molar-refractivity contribution >= 4 is 17.8 Å². The second-order valence-corrected chi connectivity index (χ2v) is 7.43. The molecule has 0 saturated carbocycles. The van der Waals surface area contributed by atoms with Crippen molar-refractivity contribution in [1.29, 1.82) is 0 Å². The van der Waals surface area contributed by atoms with Gasteiger partial charge in [-0.25, -0.2) is 0 Å². The Kier molecular flexibility index (Phi) is 9.68. The van der Waals surface area contributed by atoms with Crippen LogP contribution in [0.4, 0.5) is 11.4 Å². The van der Waals surface area contributed by atoms with Crippen LogP contribution >= 0.6 is 0 Å². The van der Waals surface area contributed by atoms with Gasteiger partial charge in [0, 0.05) is 11.4 Å².